The monoisotopic (exact) mass is 458 g/mol. The molecular formula is C25H26N6O3. The largest absolute Gasteiger partial charge is 0.414 e. The number of nitrogens with zero attached hydrogens (tertiary/aromatic N) is 4. The molecule has 4 aliphatic rings. The normalized spacial score (nSPS) is 29.1. The number of amides is 2. The smallest absolute Gasteiger partial charge is 0.391 e. The molecule has 3 aromatic heterocycles. The SMILES string of the molecule is Cc1cncc(C(=O)NC23CC4CC(CC(NC(=O)Oc5ccc6cnccc6n5)(C4)C2)C3)n1. The molecule has 4 saturated carbocycles. The van der Waals surface area contributed by atoms with Gasteiger partial charge < -0.3 is 15.4 Å². The summed E-state index contributed by atoms with van der Waals surface area (Å²) in [5.74, 6) is 0.959. The summed E-state index contributed by atoms with van der Waals surface area (Å²) in [4.78, 5) is 42.9. The molecule has 3 heterocycles. The number of rotatable bonds is 4. The summed E-state index contributed by atoms with van der Waals surface area (Å²) in [5, 5.41) is 7.34. The lowest BCUT2D eigenvalue weighted by atomic mass is 9.50. The Labute approximate surface area is 196 Å². The molecule has 0 spiro atoms. The maximum atomic E-state index is 13.0. The molecule has 2 atom stereocenters. The molecule has 3 aromatic rings. The summed E-state index contributed by atoms with van der Waals surface area (Å²) in [6.07, 6.45) is 11.5. The van der Waals surface area contributed by atoms with Crippen molar-refractivity contribution in [2.24, 2.45) is 11.8 Å². The Morgan fingerprint density at radius 2 is 1.71 bits per heavy atom. The Kier molecular flexibility index (Phi) is 4.75. The van der Waals surface area contributed by atoms with Crippen molar-refractivity contribution in [3.05, 3.63) is 54.4 Å². The van der Waals surface area contributed by atoms with Gasteiger partial charge in [-0.2, -0.15) is 0 Å². The third-order valence-electron chi connectivity index (χ3n) is 7.46. The standard InChI is InChI=1S/C25H26N6O3/c1-15-11-27-13-20(28-15)22(32)30-24-7-16-6-17(8-24)10-25(9-16,14-24)31-23(33)34-21-3-2-18-12-26-5-4-19(18)29-21/h2-5,11-13,16-17H,6-10,14H2,1H3,(H,30,32)(H,31,33). The van der Waals surface area contributed by atoms with Gasteiger partial charge in [0.25, 0.3) is 5.91 Å². The van der Waals surface area contributed by atoms with Crippen molar-refractivity contribution in [2.75, 3.05) is 0 Å². The summed E-state index contributed by atoms with van der Waals surface area (Å²) in [6, 6.07) is 5.29. The van der Waals surface area contributed by atoms with Crippen LogP contribution in [-0.4, -0.2) is 43.0 Å². The summed E-state index contributed by atoms with van der Waals surface area (Å²) >= 11 is 0. The molecule has 9 heteroatoms. The Balaban J connectivity index is 1.19. The van der Waals surface area contributed by atoms with Crippen LogP contribution in [0.2, 0.25) is 0 Å². The lowest BCUT2D eigenvalue weighted by Crippen LogP contribution is -2.70. The summed E-state index contributed by atoms with van der Waals surface area (Å²) in [5.41, 5.74) is 1.00. The number of aryl methyl sites for hydroxylation is 1. The number of carbonyl (C=O) groups excluding carboxylic acids is 2. The van der Waals surface area contributed by atoms with Gasteiger partial charge in [-0.1, -0.05) is 0 Å². The Morgan fingerprint density at radius 1 is 0.941 bits per heavy atom. The summed E-state index contributed by atoms with van der Waals surface area (Å²) < 4.78 is 5.57. The predicted octanol–water partition coefficient (Wildman–Crippen LogP) is 3.34. The molecule has 0 radical (unpaired) electrons. The molecule has 0 aromatic carbocycles. The lowest BCUT2D eigenvalue weighted by Gasteiger charge is -2.61. The van der Waals surface area contributed by atoms with Crippen molar-refractivity contribution in [2.45, 2.75) is 56.5 Å². The molecule has 4 bridgehead atoms. The molecule has 0 saturated heterocycles. The Hall–Kier alpha value is -3.62. The molecule has 4 aliphatic carbocycles. The van der Waals surface area contributed by atoms with Crippen LogP contribution in [0, 0.1) is 18.8 Å². The van der Waals surface area contributed by atoms with Crippen molar-refractivity contribution in [1.29, 1.82) is 0 Å². The molecule has 0 aliphatic heterocycles. The van der Waals surface area contributed by atoms with E-state index in [-0.39, 0.29) is 17.3 Å². The van der Waals surface area contributed by atoms with Crippen LogP contribution in [0.4, 0.5) is 4.79 Å². The van der Waals surface area contributed by atoms with E-state index in [1.54, 1.807) is 30.7 Å². The number of nitrogens with one attached hydrogen (secondary N) is 2. The number of hydrogen-bond acceptors (Lipinski definition) is 7. The maximum absolute atomic E-state index is 13.0. The van der Waals surface area contributed by atoms with Gasteiger partial charge in [0.05, 0.1) is 17.4 Å². The van der Waals surface area contributed by atoms with Crippen LogP contribution in [0.3, 0.4) is 0 Å². The Bertz CT molecular complexity index is 1280. The van der Waals surface area contributed by atoms with Gasteiger partial charge in [-0.3, -0.25) is 14.8 Å². The average molecular weight is 459 g/mol. The molecule has 7 rings (SSSR count). The first-order valence-corrected chi connectivity index (χ1v) is 11.7. The predicted molar refractivity (Wildman–Crippen MR) is 123 cm³/mol. The van der Waals surface area contributed by atoms with Crippen molar-refractivity contribution in [3.8, 4) is 5.88 Å². The zero-order valence-corrected chi connectivity index (χ0v) is 19.0. The molecule has 2 N–H and O–H groups in total. The third-order valence-corrected chi connectivity index (χ3v) is 7.46. The topological polar surface area (TPSA) is 119 Å². The van der Waals surface area contributed by atoms with Gasteiger partial charge >= 0.3 is 6.09 Å². The van der Waals surface area contributed by atoms with Crippen LogP contribution in [-0.2, 0) is 0 Å². The summed E-state index contributed by atoms with van der Waals surface area (Å²) in [6.45, 7) is 1.82. The third kappa shape index (κ3) is 3.85. The van der Waals surface area contributed by atoms with E-state index < -0.39 is 11.6 Å². The summed E-state index contributed by atoms with van der Waals surface area (Å²) in [7, 11) is 0. The minimum Gasteiger partial charge on any atom is -0.391 e. The van der Waals surface area contributed by atoms with Gasteiger partial charge in [-0.05, 0) is 69.4 Å². The van der Waals surface area contributed by atoms with E-state index in [1.165, 1.54) is 6.20 Å². The highest BCUT2D eigenvalue weighted by atomic mass is 16.6. The maximum Gasteiger partial charge on any atom is 0.414 e. The molecular weight excluding hydrogens is 432 g/mol. The van der Waals surface area contributed by atoms with Crippen molar-refractivity contribution < 1.29 is 14.3 Å². The van der Waals surface area contributed by atoms with Crippen LogP contribution in [0.1, 0.15) is 54.7 Å². The number of hydrogen-bond donors (Lipinski definition) is 2. The number of carbonyl (C=O) groups is 2. The van der Waals surface area contributed by atoms with Crippen LogP contribution < -0.4 is 15.4 Å². The zero-order valence-electron chi connectivity index (χ0n) is 19.0. The fourth-order valence-corrected chi connectivity index (χ4v) is 6.77. The first-order valence-electron chi connectivity index (χ1n) is 11.7. The Morgan fingerprint density at radius 3 is 2.47 bits per heavy atom. The first-order chi connectivity index (χ1) is 16.4. The average Bonchev–Trinajstić information content (AvgIpc) is 2.77. The van der Waals surface area contributed by atoms with E-state index in [1.807, 2.05) is 13.0 Å². The van der Waals surface area contributed by atoms with E-state index in [9.17, 15) is 9.59 Å². The van der Waals surface area contributed by atoms with Gasteiger partial charge in [0.15, 0.2) is 0 Å². The van der Waals surface area contributed by atoms with Crippen molar-refractivity contribution >= 4 is 22.9 Å². The fourth-order valence-electron chi connectivity index (χ4n) is 6.77. The second kappa shape index (κ2) is 7.72. The zero-order chi connectivity index (χ0) is 23.3. The molecule has 2 unspecified atom stereocenters. The van der Waals surface area contributed by atoms with Gasteiger partial charge in [0, 0.05) is 41.1 Å². The quantitative estimate of drug-likeness (QED) is 0.615. The minimum atomic E-state index is -0.506. The number of pyridine rings is 2. The highest BCUT2D eigenvalue weighted by molar-refractivity contribution is 5.92. The van der Waals surface area contributed by atoms with Crippen LogP contribution in [0.15, 0.2) is 43.0 Å². The van der Waals surface area contributed by atoms with Crippen LogP contribution in [0.25, 0.3) is 10.9 Å². The van der Waals surface area contributed by atoms with Gasteiger partial charge in [-0.15, -0.1) is 0 Å². The van der Waals surface area contributed by atoms with Gasteiger partial charge in [0.2, 0.25) is 5.88 Å². The molecule has 34 heavy (non-hydrogen) atoms. The van der Waals surface area contributed by atoms with E-state index in [4.69, 9.17) is 4.74 Å². The first kappa shape index (κ1) is 20.9. The van der Waals surface area contributed by atoms with Crippen molar-refractivity contribution in [3.63, 3.8) is 0 Å². The molecule has 4 fully saturated rings. The van der Waals surface area contributed by atoms with E-state index >= 15 is 0 Å². The van der Waals surface area contributed by atoms with Crippen LogP contribution in [0.5, 0.6) is 5.88 Å². The van der Waals surface area contributed by atoms with Gasteiger partial charge in [-0.25, -0.2) is 14.8 Å². The molecule has 174 valence electrons. The van der Waals surface area contributed by atoms with E-state index in [0.717, 1.165) is 43.0 Å². The van der Waals surface area contributed by atoms with Gasteiger partial charge in [0.1, 0.15) is 5.69 Å². The van der Waals surface area contributed by atoms with E-state index in [2.05, 4.69) is 30.6 Å². The molecule has 2 amide bonds. The van der Waals surface area contributed by atoms with Crippen molar-refractivity contribution in [1.82, 2.24) is 30.6 Å². The number of aromatic nitrogens is 4. The number of ether oxygens (including phenoxy) is 1. The number of fused-ring (bicyclic) bond motifs is 1. The highest BCUT2D eigenvalue weighted by Gasteiger charge is 2.59. The fraction of sp³-hybridized carbons (Fsp3) is 0.440. The molecule has 9 nitrogen and oxygen atoms in total. The lowest BCUT2D eigenvalue weighted by molar-refractivity contribution is -0.0450. The minimum absolute atomic E-state index is 0.203. The second-order valence-electron chi connectivity index (χ2n) is 10.3. The highest BCUT2D eigenvalue weighted by Crippen LogP contribution is 2.57. The van der Waals surface area contributed by atoms with E-state index in [0.29, 0.717) is 29.6 Å². The van der Waals surface area contributed by atoms with Crippen LogP contribution >= 0.6 is 0 Å². The second-order valence-corrected chi connectivity index (χ2v) is 10.3.